The molecule has 1 saturated heterocycles. The summed E-state index contributed by atoms with van der Waals surface area (Å²) in [5.41, 5.74) is 0.760. The number of rotatable bonds is 5. The van der Waals surface area contributed by atoms with E-state index in [0.29, 0.717) is 24.8 Å². The van der Waals surface area contributed by atoms with E-state index in [2.05, 4.69) is 33.5 Å². The van der Waals surface area contributed by atoms with E-state index in [4.69, 9.17) is 0 Å². The van der Waals surface area contributed by atoms with Crippen LogP contribution in [0.15, 0.2) is 22.7 Å². The zero-order chi connectivity index (χ0) is 15.2. The van der Waals surface area contributed by atoms with Crippen molar-refractivity contribution in [2.45, 2.75) is 32.7 Å². The van der Waals surface area contributed by atoms with E-state index < -0.39 is 0 Å². The fourth-order valence-electron chi connectivity index (χ4n) is 2.77. The van der Waals surface area contributed by atoms with Crippen molar-refractivity contribution in [3.8, 4) is 0 Å². The van der Waals surface area contributed by atoms with Crippen molar-refractivity contribution in [2.75, 3.05) is 13.1 Å². The van der Waals surface area contributed by atoms with Gasteiger partial charge in [-0.2, -0.15) is 0 Å². The van der Waals surface area contributed by atoms with Crippen LogP contribution in [0.4, 0.5) is 4.39 Å². The number of hydrogen-bond acceptors (Lipinski definition) is 2. The molecule has 22 heavy (non-hydrogen) atoms. The lowest BCUT2D eigenvalue weighted by Gasteiger charge is -2.28. The van der Waals surface area contributed by atoms with Gasteiger partial charge in [0.1, 0.15) is 5.82 Å². The van der Waals surface area contributed by atoms with Crippen LogP contribution in [-0.2, 0) is 11.3 Å². The van der Waals surface area contributed by atoms with Gasteiger partial charge in [-0.05, 0) is 61.5 Å². The smallest absolute Gasteiger partial charge is 0.220 e. The average molecular weight is 394 g/mol. The van der Waals surface area contributed by atoms with E-state index >= 15 is 0 Å². The molecule has 124 valence electrons. The van der Waals surface area contributed by atoms with Crippen molar-refractivity contribution >= 4 is 34.2 Å². The van der Waals surface area contributed by atoms with Gasteiger partial charge in [-0.25, -0.2) is 4.39 Å². The predicted molar refractivity (Wildman–Crippen MR) is 92.6 cm³/mol. The number of amides is 1. The van der Waals surface area contributed by atoms with Crippen LogP contribution in [0.1, 0.15) is 31.7 Å². The Morgan fingerprint density at radius 3 is 3.00 bits per heavy atom. The predicted octanol–water partition coefficient (Wildman–Crippen LogP) is 3.65. The lowest BCUT2D eigenvalue weighted by Crippen LogP contribution is -2.35. The molecule has 0 aromatic heterocycles. The Morgan fingerprint density at radius 1 is 1.55 bits per heavy atom. The molecule has 1 aliphatic heterocycles. The van der Waals surface area contributed by atoms with Crippen molar-refractivity contribution in [3.05, 3.63) is 34.1 Å². The quantitative estimate of drug-likeness (QED) is 0.802. The molecule has 1 heterocycles. The number of nitrogens with one attached hydrogen (secondary N) is 2. The van der Waals surface area contributed by atoms with E-state index in [9.17, 15) is 9.18 Å². The topological polar surface area (TPSA) is 41.1 Å². The first-order chi connectivity index (χ1) is 10.1. The Morgan fingerprint density at radius 2 is 2.32 bits per heavy atom. The Kier molecular flexibility index (Phi) is 8.36. The molecule has 1 fully saturated rings. The SMILES string of the molecule is CC(CC(=O)NCc1cc(F)ccc1Br)C1CCCNC1.Cl. The summed E-state index contributed by atoms with van der Waals surface area (Å²) in [6, 6.07) is 4.50. The van der Waals surface area contributed by atoms with Crippen molar-refractivity contribution in [3.63, 3.8) is 0 Å². The summed E-state index contributed by atoms with van der Waals surface area (Å²) in [4.78, 5) is 12.0. The van der Waals surface area contributed by atoms with Crippen molar-refractivity contribution < 1.29 is 9.18 Å². The minimum absolute atomic E-state index is 0. The monoisotopic (exact) mass is 392 g/mol. The van der Waals surface area contributed by atoms with E-state index in [-0.39, 0.29) is 24.1 Å². The first-order valence-corrected chi connectivity index (χ1v) is 8.27. The molecule has 0 aliphatic carbocycles. The Labute approximate surface area is 146 Å². The summed E-state index contributed by atoms with van der Waals surface area (Å²) in [6.07, 6.45) is 2.91. The molecule has 6 heteroatoms. The number of hydrogen-bond donors (Lipinski definition) is 2. The molecule has 1 aromatic rings. The summed E-state index contributed by atoms with van der Waals surface area (Å²) in [5, 5.41) is 6.26. The van der Waals surface area contributed by atoms with Crippen LogP contribution in [0.25, 0.3) is 0 Å². The minimum Gasteiger partial charge on any atom is -0.352 e. The summed E-state index contributed by atoms with van der Waals surface area (Å²) in [7, 11) is 0. The van der Waals surface area contributed by atoms with E-state index in [1.165, 1.54) is 25.0 Å². The third kappa shape index (κ3) is 5.86. The molecule has 0 saturated carbocycles. The van der Waals surface area contributed by atoms with Crippen molar-refractivity contribution in [2.24, 2.45) is 11.8 Å². The zero-order valence-corrected chi connectivity index (χ0v) is 15.1. The number of benzene rings is 1. The highest BCUT2D eigenvalue weighted by atomic mass is 79.9. The molecule has 2 unspecified atom stereocenters. The van der Waals surface area contributed by atoms with Gasteiger partial charge in [0.2, 0.25) is 5.91 Å². The van der Waals surface area contributed by atoms with Gasteiger partial charge in [-0.3, -0.25) is 4.79 Å². The van der Waals surface area contributed by atoms with Crippen LogP contribution in [-0.4, -0.2) is 19.0 Å². The molecule has 1 amide bonds. The van der Waals surface area contributed by atoms with Gasteiger partial charge in [0.05, 0.1) is 0 Å². The second-order valence-electron chi connectivity index (χ2n) is 5.80. The summed E-state index contributed by atoms with van der Waals surface area (Å²) in [6.45, 7) is 4.58. The van der Waals surface area contributed by atoms with Gasteiger partial charge < -0.3 is 10.6 Å². The fourth-order valence-corrected chi connectivity index (χ4v) is 3.16. The van der Waals surface area contributed by atoms with Gasteiger partial charge in [0.15, 0.2) is 0 Å². The molecule has 2 atom stereocenters. The maximum Gasteiger partial charge on any atom is 0.220 e. The molecule has 0 spiro atoms. The van der Waals surface area contributed by atoms with E-state index in [0.717, 1.165) is 23.1 Å². The summed E-state index contributed by atoms with van der Waals surface area (Å²) < 4.78 is 14.0. The first-order valence-electron chi connectivity index (χ1n) is 7.47. The maximum atomic E-state index is 13.2. The lowest BCUT2D eigenvalue weighted by molar-refractivity contribution is -0.122. The molecular formula is C16H23BrClFN2O. The highest BCUT2D eigenvalue weighted by Gasteiger charge is 2.21. The Hall–Kier alpha value is -0.650. The standard InChI is InChI=1S/C16H22BrFN2O.ClH/c1-11(12-3-2-6-19-9-12)7-16(21)20-10-13-8-14(18)4-5-15(13)17;/h4-5,8,11-12,19H,2-3,6-7,9-10H2,1H3,(H,20,21);1H. The molecule has 2 rings (SSSR count). The van der Waals surface area contributed by atoms with Crippen molar-refractivity contribution in [1.29, 1.82) is 0 Å². The van der Waals surface area contributed by atoms with Crippen LogP contribution in [0.5, 0.6) is 0 Å². The molecule has 0 radical (unpaired) electrons. The summed E-state index contributed by atoms with van der Waals surface area (Å²) >= 11 is 3.37. The third-order valence-electron chi connectivity index (χ3n) is 4.13. The highest BCUT2D eigenvalue weighted by molar-refractivity contribution is 9.10. The zero-order valence-electron chi connectivity index (χ0n) is 12.7. The van der Waals surface area contributed by atoms with Gasteiger partial charge in [-0.15, -0.1) is 12.4 Å². The number of halogens is 3. The summed E-state index contributed by atoms with van der Waals surface area (Å²) in [5.74, 6) is 0.687. The van der Waals surface area contributed by atoms with Crippen LogP contribution in [0.2, 0.25) is 0 Å². The lowest BCUT2D eigenvalue weighted by atomic mass is 9.85. The van der Waals surface area contributed by atoms with Gasteiger partial charge >= 0.3 is 0 Å². The maximum absolute atomic E-state index is 13.2. The molecule has 2 N–H and O–H groups in total. The van der Waals surface area contributed by atoms with Crippen LogP contribution < -0.4 is 10.6 Å². The highest BCUT2D eigenvalue weighted by Crippen LogP contribution is 2.22. The molecule has 0 bridgehead atoms. The molecule has 3 nitrogen and oxygen atoms in total. The largest absolute Gasteiger partial charge is 0.352 e. The first kappa shape index (κ1) is 19.4. The number of carbonyl (C=O) groups excluding carboxylic acids is 1. The van der Waals surface area contributed by atoms with Crippen molar-refractivity contribution in [1.82, 2.24) is 10.6 Å². The van der Waals surface area contributed by atoms with E-state index in [1.807, 2.05) is 0 Å². The van der Waals surface area contributed by atoms with Crippen LogP contribution in [0.3, 0.4) is 0 Å². The normalized spacial score (nSPS) is 19.1. The fraction of sp³-hybridized carbons (Fsp3) is 0.562. The van der Waals surface area contributed by atoms with Crippen LogP contribution >= 0.6 is 28.3 Å². The third-order valence-corrected chi connectivity index (χ3v) is 4.90. The minimum atomic E-state index is -0.288. The van der Waals surface area contributed by atoms with Gasteiger partial charge in [0, 0.05) is 17.4 Å². The Bertz CT molecular complexity index is 495. The second kappa shape index (κ2) is 9.48. The molecular weight excluding hydrogens is 371 g/mol. The number of piperidine rings is 1. The van der Waals surface area contributed by atoms with Gasteiger partial charge in [0.25, 0.3) is 0 Å². The molecule has 1 aromatic carbocycles. The second-order valence-corrected chi connectivity index (χ2v) is 6.65. The average Bonchev–Trinajstić information content (AvgIpc) is 2.49. The van der Waals surface area contributed by atoms with E-state index in [1.54, 1.807) is 6.07 Å². The Balaban J connectivity index is 0.00000242. The van der Waals surface area contributed by atoms with Crippen LogP contribution in [0, 0.1) is 17.7 Å². The number of carbonyl (C=O) groups is 1. The van der Waals surface area contributed by atoms with Gasteiger partial charge in [-0.1, -0.05) is 22.9 Å². The molecule has 1 aliphatic rings.